The summed E-state index contributed by atoms with van der Waals surface area (Å²) in [6.45, 7) is 1.85. The molecule has 2 aromatic heterocycles. The molecule has 0 unspecified atom stereocenters. The Morgan fingerprint density at radius 3 is 2.75 bits per heavy atom. The summed E-state index contributed by atoms with van der Waals surface area (Å²) in [6, 6.07) is 7.97. The number of hydrogen-bond acceptors (Lipinski definition) is 5. The molecule has 0 N–H and O–H groups in total. The van der Waals surface area contributed by atoms with Crippen LogP contribution in [-0.4, -0.2) is 10.1 Å². The summed E-state index contributed by atoms with van der Waals surface area (Å²) >= 11 is 1.43. The van der Waals surface area contributed by atoms with Crippen LogP contribution in [0.4, 0.5) is 4.39 Å². The van der Waals surface area contributed by atoms with Gasteiger partial charge in [0.2, 0.25) is 0 Å². The van der Waals surface area contributed by atoms with Crippen LogP contribution in [-0.2, 0) is 5.75 Å². The first-order chi connectivity index (χ1) is 9.70. The maximum absolute atomic E-state index is 12.9. The molecule has 3 rings (SSSR count). The molecule has 0 radical (unpaired) electrons. The monoisotopic (exact) mass is 290 g/mol. The number of aryl methyl sites for hydroxylation is 1. The molecule has 20 heavy (non-hydrogen) atoms. The fourth-order valence-electron chi connectivity index (χ4n) is 1.69. The summed E-state index contributed by atoms with van der Waals surface area (Å²) in [6.07, 6.45) is 1.63. The summed E-state index contributed by atoms with van der Waals surface area (Å²) < 4.78 is 23.4. The molecule has 0 bridgehead atoms. The average molecular weight is 290 g/mol. The van der Waals surface area contributed by atoms with Crippen molar-refractivity contribution in [2.45, 2.75) is 17.9 Å². The van der Waals surface area contributed by atoms with Crippen molar-refractivity contribution in [3.05, 3.63) is 53.8 Å². The molecule has 4 nitrogen and oxygen atoms in total. The molecule has 0 aliphatic rings. The average Bonchev–Trinajstić information content (AvgIpc) is 3.06. The van der Waals surface area contributed by atoms with Gasteiger partial charge in [-0.05, 0) is 31.2 Å². The molecule has 1 aromatic carbocycles. The van der Waals surface area contributed by atoms with Crippen LogP contribution in [0.2, 0.25) is 0 Å². The van der Waals surface area contributed by atoms with Gasteiger partial charge in [0, 0.05) is 17.4 Å². The first-order valence-corrected chi connectivity index (χ1v) is 6.96. The second kappa shape index (κ2) is 5.50. The topological polar surface area (TPSA) is 52.1 Å². The molecular formula is C14H11FN2O2S. The highest BCUT2D eigenvalue weighted by Crippen LogP contribution is 2.27. The van der Waals surface area contributed by atoms with E-state index in [9.17, 15) is 4.39 Å². The van der Waals surface area contributed by atoms with Crippen molar-refractivity contribution in [1.29, 1.82) is 0 Å². The number of rotatable bonds is 4. The van der Waals surface area contributed by atoms with Gasteiger partial charge in [0.25, 0.3) is 5.22 Å². The Morgan fingerprint density at radius 2 is 2.05 bits per heavy atom. The van der Waals surface area contributed by atoms with E-state index < -0.39 is 0 Å². The van der Waals surface area contributed by atoms with Gasteiger partial charge >= 0.3 is 0 Å². The fourth-order valence-corrected chi connectivity index (χ4v) is 2.38. The van der Waals surface area contributed by atoms with E-state index in [2.05, 4.69) is 10.1 Å². The van der Waals surface area contributed by atoms with Crippen LogP contribution in [0, 0.1) is 12.7 Å². The second-order valence-corrected chi connectivity index (χ2v) is 5.14. The third-order valence-electron chi connectivity index (χ3n) is 2.63. The molecular weight excluding hydrogens is 279 g/mol. The minimum absolute atomic E-state index is 0.274. The molecule has 3 aromatic rings. The molecule has 6 heteroatoms. The molecule has 102 valence electrons. The minimum atomic E-state index is -0.274. The van der Waals surface area contributed by atoms with Crippen molar-refractivity contribution in [3.8, 4) is 11.3 Å². The maximum atomic E-state index is 12.9. The van der Waals surface area contributed by atoms with E-state index in [0.29, 0.717) is 16.7 Å². The Morgan fingerprint density at radius 1 is 1.25 bits per heavy atom. The molecule has 0 aliphatic carbocycles. The van der Waals surface area contributed by atoms with Crippen LogP contribution in [0.1, 0.15) is 11.5 Å². The predicted molar refractivity (Wildman–Crippen MR) is 72.7 cm³/mol. The third kappa shape index (κ3) is 2.91. The van der Waals surface area contributed by atoms with Gasteiger partial charge in [0.05, 0.1) is 11.9 Å². The fraction of sp³-hybridized carbons (Fsp3) is 0.143. The van der Waals surface area contributed by atoms with E-state index in [1.807, 2.05) is 13.0 Å². The van der Waals surface area contributed by atoms with Crippen molar-refractivity contribution in [2.75, 3.05) is 0 Å². The highest BCUT2D eigenvalue weighted by molar-refractivity contribution is 7.98. The summed E-state index contributed by atoms with van der Waals surface area (Å²) in [5, 5.41) is 4.44. The van der Waals surface area contributed by atoms with Gasteiger partial charge in [0.1, 0.15) is 11.6 Å². The zero-order valence-electron chi connectivity index (χ0n) is 10.7. The number of halogens is 1. The van der Waals surface area contributed by atoms with Crippen molar-refractivity contribution >= 4 is 11.8 Å². The van der Waals surface area contributed by atoms with Crippen molar-refractivity contribution < 1.29 is 13.3 Å². The normalized spacial score (nSPS) is 10.9. The number of aromatic nitrogens is 2. The van der Waals surface area contributed by atoms with Crippen LogP contribution >= 0.6 is 11.8 Å². The molecule has 0 saturated heterocycles. The number of oxazole rings is 1. The summed E-state index contributed by atoms with van der Waals surface area (Å²) in [5.74, 6) is 1.74. The lowest BCUT2D eigenvalue weighted by Crippen LogP contribution is -1.78. The number of benzene rings is 1. The summed E-state index contributed by atoms with van der Waals surface area (Å²) in [7, 11) is 0. The van der Waals surface area contributed by atoms with Gasteiger partial charge in [-0.3, -0.25) is 0 Å². The van der Waals surface area contributed by atoms with Gasteiger partial charge in [-0.1, -0.05) is 16.9 Å². The van der Waals surface area contributed by atoms with Crippen molar-refractivity contribution in [2.24, 2.45) is 0 Å². The van der Waals surface area contributed by atoms with Gasteiger partial charge in [-0.25, -0.2) is 9.37 Å². The highest BCUT2D eigenvalue weighted by atomic mass is 32.2. The Labute approximate surface area is 119 Å². The molecule has 0 atom stereocenters. The van der Waals surface area contributed by atoms with E-state index in [0.717, 1.165) is 17.0 Å². The van der Waals surface area contributed by atoms with Gasteiger partial charge in [0.15, 0.2) is 5.76 Å². The first-order valence-electron chi connectivity index (χ1n) is 5.97. The molecule has 0 saturated carbocycles. The van der Waals surface area contributed by atoms with E-state index in [1.54, 1.807) is 18.3 Å². The number of thioether (sulfide) groups is 1. The van der Waals surface area contributed by atoms with Crippen molar-refractivity contribution in [3.63, 3.8) is 0 Å². The van der Waals surface area contributed by atoms with E-state index in [4.69, 9.17) is 8.94 Å². The lowest BCUT2D eigenvalue weighted by Gasteiger charge is -1.95. The van der Waals surface area contributed by atoms with Crippen LogP contribution in [0.3, 0.4) is 0 Å². The summed E-state index contributed by atoms with van der Waals surface area (Å²) in [5.41, 5.74) is 1.64. The molecule has 0 aliphatic heterocycles. The molecule has 0 spiro atoms. The number of hydrogen-bond donors (Lipinski definition) is 0. The molecule has 2 heterocycles. The van der Waals surface area contributed by atoms with Crippen LogP contribution < -0.4 is 0 Å². The Bertz CT molecular complexity index is 706. The maximum Gasteiger partial charge on any atom is 0.256 e. The van der Waals surface area contributed by atoms with E-state index in [-0.39, 0.29) is 5.82 Å². The standard InChI is InChI=1S/C14H11FN2O2S/c1-9-6-12(17-19-9)8-20-14-16-7-13(18-14)10-2-4-11(15)5-3-10/h2-7H,8H2,1H3. The largest absolute Gasteiger partial charge is 0.431 e. The van der Waals surface area contributed by atoms with Gasteiger partial charge in [-0.2, -0.15) is 0 Å². The zero-order valence-corrected chi connectivity index (χ0v) is 11.5. The zero-order chi connectivity index (χ0) is 13.9. The molecule has 0 fully saturated rings. The minimum Gasteiger partial charge on any atom is -0.431 e. The first kappa shape index (κ1) is 12.9. The third-order valence-corrected chi connectivity index (χ3v) is 3.51. The Balaban J connectivity index is 1.69. The highest BCUT2D eigenvalue weighted by Gasteiger charge is 2.09. The SMILES string of the molecule is Cc1cc(CSc2ncc(-c3ccc(F)cc3)o2)no1. The van der Waals surface area contributed by atoms with Crippen molar-refractivity contribution in [1.82, 2.24) is 10.1 Å². The van der Waals surface area contributed by atoms with E-state index in [1.165, 1.54) is 23.9 Å². The predicted octanol–water partition coefficient (Wildman–Crippen LogP) is 4.07. The quantitative estimate of drug-likeness (QED) is 0.678. The lowest BCUT2D eigenvalue weighted by molar-refractivity contribution is 0.392. The lowest BCUT2D eigenvalue weighted by atomic mass is 10.2. The Hall–Kier alpha value is -2.08. The molecule has 0 amide bonds. The Kier molecular flexibility index (Phi) is 3.56. The van der Waals surface area contributed by atoms with Gasteiger partial charge in [-0.15, -0.1) is 0 Å². The van der Waals surface area contributed by atoms with Crippen LogP contribution in [0.15, 0.2) is 50.7 Å². The van der Waals surface area contributed by atoms with Crippen LogP contribution in [0.5, 0.6) is 0 Å². The smallest absolute Gasteiger partial charge is 0.256 e. The van der Waals surface area contributed by atoms with E-state index >= 15 is 0 Å². The number of nitrogens with zero attached hydrogens (tertiary/aromatic N) is 2. The second-order valence-electron chi connectivity index (χ2n) is 4.21. The van der Waals surface area contributed by atoms with Gasteiger partial charge < -0.3 is 8.94 Å². The van der Waals surface area contributed by atoms with Crippen LogP contribution in [0.25, 0.3) is 11.3 Å². The summed E-state index contributed by atoms with van der Waals surface area (Å²) in [4.78, 5) is 4.18.